The minimum absolute atomic E-state index is 0.184. The van der Waals surface area contributed by atoms with Crippen LogP contribution in [0.5, 0.6) is 0 Å². The lowest BCUT2D eigenvalue weighted by Crippen LogP contribution is -2.59. The molecule has 4 nitrogen and oxygen atoms in total. The number of nitrogens with two attached hydrogens (primary N) is 1. The predicted molar refractivity (Wildman–Crippen MR) is 76.4 cm³/mol. The molecule has 4 aliphatic carbocycles. The van der Waals surface area contributed by atoms with E-state index in [1.807, 2.05) is 0 Å². The van der Waals surface area contributed by atoms with Crippen LogP contribution in [-0.4, -0.2) is 30.4 Å². The lowest BCUT2D eigenvalue weighted by Gasteiger charge is -2.58. The summed E-state index contributed by atoms with van der Waals surface area (Å²) in [5, 5.41) is 9.63. The maximum absolute atomic E-state index is 12.0. The molecule has 1 amide bonds. The second kappa shape index (κ2) is 4.46. The smallest absolute Gasteiger partial charge is 0.252 e. The van der Waals surface area contributed by atoms with Crippen molar-refractivity contribution in [1.82, 2.24) is 4.90 Å². The van der Waals surface area contributed by atoms with Crippen molar-refractivity contribution in [2.45, 2.75) is 50.5 Å². The highest BCUT2D eigenvalue weighted by Gasteiger charge is 2.55. The summed E-state index contributed by atoms with van der Waals surface area (Å²) in [4.78, 5) is 13.7. The number of rotatable bonds is 4. The maximum atomic E-state index is 12.0. The standard InChI is InChI=1S/C16H25N3O/c1-19(2)16(10-17,14(18)20)9-15-6-11-3-12(7-15)5-13(4-11)8-15/h11-13H,3-9H2,1-2H3,(H2,18,20). The van der Waals surface area contributed by atoms with Gasteiger partial charge in [-0.3, -0.25) is 9.69 Å². The van der Waals surface area contributed by atoms with Gasteiger partial charge in [-0.1, -0.05) is 0 Å². The van der Waals surface area contributed by atoms with Crippen LogP contribution in [0.25, 0.3) is 0 Å². The normalized spacial score (nSPS) is 41.4. The van der Waals surface area contributed by atoms with E-state index in [1.54, 1.807) is 19.0 Å². The largest absolute Gasteiger partial charge is 0.367 e. The van der Waals surface area contributed by atoms with Crippen molar-refractivity contribution >= 4 is 5.91 Å². The van der Waals surface area contributed by atoms with Gasteiger partial charge in [0.15, 0.2) is 5.54 Å². The number of likely N-dealkylation sites (N-methyl/N-ethyl adjacent to an activating group) is 1. The first-order valence-corrected chi connectivity index (χ1v) is 7.78. The number of primary amides is 1. The molecule has 0 aromatic rings. The maximum Gasteiger partial charge on any atom is 0.252 e. The van der Waals surface area contributed by atoms with Gasteiger partial charge in [0, 0.05) is 0 Å². The molecule has 1 unspecified atom stereocenters. The summed E-state index contributed by atoms with van der Waals surface area (Å²) in [6, 6.07) is 2.24. The Kier molecular flexibility index (Phi) is 3.10. The molecule has 2 N–H and O–H groups in total. The molecule has 1 atom stereocenters. The molecule has 4 aliphatic rings. The molecule has 4 fully saturated rings. The summed E-state index contributed by atoms with van der Waals surface area (Å²) in [7, 11) is 3.60. The second-order valence-electron chi connectivity index (χ2n) is 7.83. The third kappa shape index (κ3) is 1.95. The highest BCUT2D eigenvalue weighted by atomic mass is 16.1. The van der Waals surface area contributed by atoms with Gasteiger partial charge in [0.1, 0.15) is 0 Å². The molecule has 20 heavy (non-hydrogen) atoms. The zero-order valence-corrected chi connectivity index (χ0v) is 12.6. The first-order valence-electron chi connectivity index (χ1n) is 7.78. The van der Waals surface area contributed by atoms with E-state index in [9.17, 15) is 10.1 Å². The molecule has 4 heteroatoms. The van der Waals surface area contributed by atoms with Crippen molar-refractivity contribution in [1.29, 1.82) is 5.26 Å². The van der Waals surface area contributed by atoms with Gasteiger partial charge >= 0.3 is 0 Å². The summed E-state index contributed by atoms with van der Waals surface area (Å²) >= 11 is 0. The number of amides is 1. The Bertz CT molecular complexity index is 430. The summed E-state index contributed by atoms with van der Waals surface area (Å²) in [6.45, 7) is 0. The monoisotopic (exact) mass is 275 g/mol. The van der Waals surface area contributed by atoms with Crippen LogP contribution < -0.4 is 5.73 Å². The minimum Gasteiger partial charge on any atom is -0.367 e. The van der Waals surface area contributed by atoms with Crippen molar-refractivity contribution in [3.8, 4) is 6.07 Å². The number of hydrogen-bond acceptors (Lipinski definition) is 3. The van der Waals surface area contributed by atoms with Crippen molar-refractivity contribution in [2.75, 3.05) is 14.1 Å². The fourth-order valence-electron chi connectivity index (χ4n) is 5.71. The zero-order chi connectivity index (χ0) is 14.5. The first-order chi connectivity index (χ1) is 9.39. The highest BCUT2D eigenvalue weighted by Crippen LogP contribution is 2.62. The predicted octanol–water partition coefficient (Wildman–Crippen LogP) is 1.90. The Balaban J connectivity index is 1.89. The van der Waals surface area contributed by atoms with Crippen molar-refractivity contribution in [3.63, 3.8) is 0 Å². The molecule has 0 aromatic heterocycles. The lowest BCUT2D eigenvalue weighted by molar-refractivity contribution is -0.132. The lowest BCUT2D eigenvalue weighted by atomic mass is 9.47. The van der Waals surface area contributed by atoms with Gasteiger partial charge in [0.05, 0.1) is 6.07 Å². The van der Waals surface area contributed by atoms with Crippen LogP contribution in [0.1, 0.15) is 44.9 Å². The molecule has 0 aromatic carbocycles. The van der Waals surface area contributed by atoms with Crippen LogP contribution in [0.3, 0.4) is 0 Å². The summed E-state index contributed by atoms with van der Waals surface area (Å²) in [6.07, 6.45) is 8.34. The third-order valence-corrected chi connectivity index (χ3v) is 6.15. The van der Waals surface area contributed by atoms with Crippen LogP contribution in [-0.2, 0) is 4.79 Å². The van der Waals surface area contributed by atoms with Gasteiger partial charge in [-0.25, -0.2) is 0 Å². The Morgan fingerprint density at radius 2 is 1.70 bits per heavy atom. The van der Waals surface area contributed by atoms with Crippen molar-refractivity contribution in [3.05, 3.63) is 0 Å². The summed E-state index contributed by atoms with van der Waals surface area (Å²) < 4.78 is 0. The van der Waals surface area contributed by atoms with E-state index < -0.39 is 11.4 Å². The van der Waals surface area contributed by atoms with Crippen molar-refractivity contribution < 1.29 is 4.79 Å². The Labute approximate surface area is 121 Å². The fraction of sp³-hybridized carbons (Fsp3) is 0.875. The van der Waals surface area contributed by atoms with Crippen LogP contribution >= 0.6 is 0 Å². The molecular formula is C16H25N3O. The molecule has 4 saturated carbocycles. The number of carbonyl (C=O) groups is 1. The molecular weight excluding hydrogens is 250 g/mol. The van der Waals surface area contributed by atoms with E-state index in [-0.39, 0.29) is 5.41 Å². The number of nitriles is 1. The molecule has 0 spiro atoms. The Morgan fingerprint density at radius 1 is 1.25 bits per heavy atom. The van der Waals surface area contributed by atoms with Crippen LogP contribution in [0.4, 0.5) is 0 Å². The van der Waals surface area contributed by atoms with Crippen molar-refractivity contribution in [2.24, 2.45) is 28.9 Å². The fourth-order valence-corrected chi connectivity index (χ4v) is 5.71. The topological polar surface area (TPSA) is 70.1 Å². The van der Waals surface area contributed by atoms with Gasteiger partial charge in [0.2, 0.25) is 0 Å². The second-order valence-corrected chi connectivity index (χ2v) is 7.83. The quantitative estimate of drug-likeness (QED) is 0.852. The van der Waals surface area contributed by atoms with E-state index in [4.69, 9.17) is 5.73 Å². The molecule has 0 aliphatic heterocycles. The SMILES string of the molecule is CN(C)C(C#N)(CC12CC3CC(CC(C3)C1)C2)C(N)=O. The number of nitrogens with zero attached hydrogens (tertiary/aromatic N) is 2. The van der Waals surface area contributed by atoms with Gasteiger partial charge in [-0.15, -0.1) is 0 Å². The summed E-state index contributed by atoms with van der Waals surface area (Å²) in [5.74, 6) is 1.99. The third-order valence-electron chi connectivity index (χ3n) is 6.15. The van der Waals surface area contributed by atoms with E-state index in [2.05, 4.69) is 6.07 Å². The Hall–Kier alpha value is -1.08. The van der Waals surface area contributed by atoms with Crippen LogP contribution in [0.15, 0.2) is 0 Å². The van der Waals surface area contributed by atoms with E-state index in [1.165, 1.54) is 38.5 Å². The van der Waals surface area contributed by atoms with Gasteiger partial charge in [-0.2, -0.15) is 5.26 Å². The molecule has 4 rings (SSSR count). The zero-order valence-electron chi connectivity index (χ0n) is 12.6. The number of carbonyl (C=O) groups excluding carboxylic acids is 1. The van der Waals surface area contributed by atoms with E-state index in [0.717, 1.165) is 17.8 Å². The number of hydrogen-bond donors (Lipinski definition) is 1. The average molecular weight is 275 g/mol. The summed E-state index contributed by atoms with van der Waals surface area (Å²) in [5.41, 5.74) is 4.66. The molecule has 0 saturated heterocycles. The Morgan fingerprint density at radius 3 is 2.00 bits per heavy atom. The highest BCUT2D eigenvalue weighted by molar-refractivity contribution is 5.88. The van der Waals surface area contributed by atoms with Crippen LogP contribution in [0, 0.1) is 34.5 Å². The molecule has 4 bridgehead atoms. The van der Waals surface area contributed by atoms with E-state index >= 15 is 0 Å². The van der Waals surface area contributed by atoms with Gasteiger partial charge in [0.25, 0.3) is 5.91 Å². The molecule has 0 radical (unpaired) electrons. The van der Waals surface area contributed by atoms with Gasteiger partial charge < -0.3 is 5.73 Å². The first kappa shape index (κ1) is 13.9. The minimum atomic E-state index is -1.13. The molecule has 110 valence electrons. The van der Waals surface area contributed by atoms with E-state index in [0.29, 0.717) is 6.42 Å². The molecule has 0 heterocycles. The van der Waals surface area contributed by atoms with Crippen LogP contribution in [0.2, 0.25) is 0 Å². The average Bonchev–Trinajstić information content (AvgIpc) is 2.33. The van der Waals surface area contributed by atoms with Gasteiger partial charge in [-0.05, 0) is 82.2 Å².